The van der Waals surface area contributed by atoms with Crippen LogP contribution in [-0.4, -0.2) is 78.7 Å². The molecule has 2 heterocycles. The SMILES string of the molecule is CO[C@@H]1O[C@H](COC(=O)c2ccc([N+](=O)[O-])cc2)[C@H]2NP(=O)(N(CCCl)CCCl)O[C@@H]12. The molecule has 1 aromatic rings. The molecule has 0 radical (unpaired) electrons. The van der Waals surface area contributed by atoms with Crippen molar-refractivity contribution in [1.29, 1.82) is 0 Å². The van der Waals surface area contributed by atoms with Crippen LogP contribution in [0.1, 0.15) is 10.4 Å². The molecule has 2 aliphatic rings. The Balaban J connectivity index is 1.66. The number of hydrogen-bond donors (Lipinski definition) is 1. The van der Waals surface area contributed by atoms with E-state index in [0.29, 0.717) is 13.1 Å². The van der Waals surface area contributed by atoms with Crippen molar-refractivity contribution >= 4 is 42.5 Å². The first kappa shape index (κ1) is 24.3. The number of nitrogens with one attached hydrogen (secondary N) is 1. The lowest BCUT2D eigenvalue weighted by Crippen LogP contribution is -2.40. The summed E-state index contributed by atoms with van der Waals surface area (Å²) in [6.07, 6.45) is -2.20. The number of nitro groups is 1. The Morgan fingerprint density at radius 2 is 1.94 bits per heavy atom. The molecule has 3 rings (SSSR count). The number of halogens is 2. The second-order valence-corrected chi connectivity index (χ2v) is 9.59. The predicted molar refractivity (Wildman–Crippen MR) is 111 cm³/mol. The number of alkyl halides is 2. The number of non-ortho nitro benzene ring substituents is 1. The van der Waals surface area contributed by atoms with Gasteiger partial charge in [-0.25, -0.2) is 14.6 Å². The summed E-state index contributed by atoms with van der Waals surface area (Å²) in [7, 11) is -2.02. The minimum atomic E-state index is -3.45. The van der Waals surface area contributed by atoms with Crippen LogP contribution in [0.3, 0.4) is 0 Å². The fourth-order valence-electron chi connectivity index (χ4n) is 3.38. The summed E-state index contributed by atoms with van der Waals surface area (Å²) in [6, 6.07) is 4.47. The third-order valence-electron chi connectivity index (χ3n) is 4.89. The summed E-state index contributed by atoms with van der Waals surface area (Å²) in [6.45, 7) is 0.435. The van der Waals surface area contributed by atoms with E-state index in [1.54, 1.807) is 4.67 Å². The van der Waals surface area contributed by atoms with Gasteiger partial charge in [-0.1, -0.05) is 0 Å². The summed E-state index contributed by atoms with van der Waals surface area (Å²) < 4.78 is 37.1. The molecule has 2 fully saturated rings. The van der Waals surface area contributed by atoms with E-state index in [9.17, 15) is 19.5 Å². The van der Waals surface area contributed by atoms with E-state index in [1.165, 1.54) is 31.4 Å². The zero-order chi connectivity index (χ0) is 22.6. The quantitative estimate of drug-likeness (QED) is 0.169. The van der Waals surface area contributed by atoms with Crippen LogP contribution in [0.2, 0.25) is 0 Å². The maximum absolute atomic E-state index is 13.4. The Morgan fingerprint density at radius 1 is 1.29 bits per heavy atom. The predicted octanol–water partition coefficient (Wildman–Crippen LogP) is 2.37. The molecule has 2 aliphatic heterocycles. The van der Waals surface area contributed by atoms with Gasteiger partial charge in [0.2, 0.25) is 0 Å². The highest BCUT2D eigenvalue weighted by Gasteiger charge is 2.57. The molecule has 0 saturated carbocycles. The molecule has 1 N–H and O–H groups in total. The average Bonchev–Trinajstić information content (AvgIpc) is 3.27. The molecular weight excluding hydrogens is 476 g/mol. The molecule has 0 spiro atoms. The van der Waals surface area contributed by atoms with Gasteiger partial charge in [-0.2, -0.15) is 0 Å². The van der Waals surface area contributed by atoms with Gasteiger partial charge in [-0.3, -0.25) is 19.2 Å². The number of rotatable bonds is 10. The van der Waals surface area contributed by atoms with E-state index in [2.05, 4.69) is 5.09 Å². The highest BCUT2D eigenvalue weighted by Crippen LogP contribution is 2.56. The molecule has 0 aromatic heterocycles. The number of nitro benzene ring substituents is 1. The van der Waals surface area contributed by atoms with Crippen molar-refractivity contribution in [1.82, 2.24) is 9.76 Å². The number of fused-ring (bicyclic) bond motifs is 1. The maximum atomic E-state index is 13.4. The summed E-state index contributed by atoms with van der Waals surface area (Å²) in [5.41, 5.74) is 0.0168. The maximum Gasteiger partial charge on any atom is 0.344 e. The molecule has 31 heavy (non-hydrogen) atoms. The Morgan fingerprint density at radius 3 is 2.48 bits per heavy atom. The molecule has 172 valence electrons. The number of carbonyl (C=O) groups is 1. The van der Waals surface area contributed by atoms with Crippen LogP contribution >= 0.6 is 30.9 Å². The number of esters is 1. The van der Waals surface area contributed by atoms with Gasteiger partial charge in [-0.05, 0) is 12.1 Å². The fourth-order valence-corrected chi connectivity index (χ4v) is 6.36. The van der Waals surface area contributed by atoms with E-state index in [0.717, 1.165) is 0 Å². The van der Waals surface area contributed by atoms with E-state index in [1.807, 2.05) is 0 Å². The molecular formula is C17H22Cl2N3O8P. The fraction of sp³-hybridized carbons (Fsp3) is 0.588. The second kappa shape index (κ2) is 10.5. The highest BCUT2D eigenvalue weighted by molar-refractivity contribution is 7.54. The van der Waals surface area contributed by atoms with Gasteiger partial charge in [0.05, 0.1) is 16.5 Å². The zero-order valence-electron chi connectivity index (χ0n) is 16.5. The molecule has 1 aromatic carbocycles. The van der Waals surface area contributed by atoms with Gasteiger partial charge in [-0.15, -0.1) is 23.2 Å². The summed E-state index contributed by atoms with van der Waals surface area (Å²) in [5.74, 6) is -0.201. The van der Waals surface area contributed by atoms with Crippen molar-refractivity contribution in [2.24, 2.45) is 0 Å². The summed E-state index contributed by atoms with van der Waals surface area (Å²) >= 11 is 11.6. The van der Waals surface area contributed by atoms with Crippen LogP contribution in [0, 0.1) is 10.1 Å². The first-order chi connectivity index (χ1) is 14.8. The molecule has 5 atom stereocenters. The van der Waals surface area contributed by atoms with Crippen molar-refractivity contribution in [2.45, 2.75) is 24.5 Å². The van der Waals surface area contributed by atoms with Gasteiger partial charge in [0, 0.05) is 44.1 Å². The van der Waals surface area contributed by atoms with Crippen molar-refractivity contribution < 1.29 is 33.0 Å². The van der Waals surface area contributed by atoms with E-state index >= 15 is 0 Å². The number of nitrogens with zero attached hydrogens (tertiary/aromatic N) is 2. The van der Waals surface area contributed by atoms with Crippen molar-refractivity contribution in [3.8, 4) is 0 Å². The molecule has 0 aliphatic carbocycles. The smallest absolute Gasteiger partial charge is 0.344 e. The van der Waals surface area contributed by atoms with Crippen LogP contribution in [0.15, 0.2) is 24.3 Å². The van der Waals surface area contributed by atoms with Gasteiger partial charge in [0.1, 0.15) is 18.8 Å². The Kier molecular flexibility index (Phi) is 8.28. The van der Waals surface area contributed by atoms with Crippen LogP contribution in [0.4, 0.5) is 5.69 Å². The van der Waals surface area contributed by atoms with Crippen molar-refractivity contribution in [2.75, 3.05) is 38.6 Å². The number of benzene rings is 1. The first-order valence-electron chi connectivity index (χ1n) is 9.36. The average molecular weight is 498 g/mol. The number of ether oxygens (including phenoxy) is 3. The third-order valence-corrected chi connectivity index (χ3v) is 7.53. The van der Waals surface area contributed by atoms with Crippen molar-refractivity contribution in [3.05, 3.63) is 39.9 Å². The van der Waals surface area contributed by atoms with Crippen LogP contribution in [-0.2, 0) is 23.3 Å². The summed E-state index contributed by atoms with van der Waals surface area (Å²) in [4.78, 5) is 22.5. The lowest BCUT2D eigenvalue weighted by atomic mass is 10.1. The molecule has 0 amide bonds. The zero-order valence-corrected chi connectivity index (χ0v) is 18.9. The minimum absolute atomic E-state index is 0.136. The monoisotopic (exact) mass is 497 g/mol. The molecule has 0 bridgehead atoms. The molecule has 11 nitrogen and oxygen atoms in total. The van der Waals surface area contributed by atoms with Gasteiger partial charge in [0.15, 0.2) is 6.29 Å². The van der Waals surface area contributed by atoms with Crippen LogP contribution < -0.4 is 5.09 Å². The Bertz CT molecular complexity index is 839. The normalized spacial score (nSPS) is 29.8. The number of methoxy groups -OCH3 is 1. The van der Waals surface area contributed by atoms with Crippen molar-refractivity contribution in [3.63, 3.8) is 0 Å². The standard InChI is InChI=1S/C17H22Cl2N3O8P/c1-27-17-15-14(20-31(26,30-15)21(8-6-18)9-7-19)13(29-17)10-28-16(23)11-2-4-12(5-3-11)22(24)25/h2-5,13-15,17H,6-10H2,1H3,(H,20,26)/t13-,14-,15-,17-,31?/m1/s1. The van der Waals surface area contributed by atoms with Gasteiger partial charge in [0.25, 0.3) is 5.69 Å². The largest absolute Gasteiger partial charge is 0.459 e. The summed E-state index contributed by atoms with van der Waals surface area (Å²) in [5, 5.41) is 13.7. The lowest BCUT2D eigenvalue weighted by molar-refractivity contribution is -0.384. The second-order valence-electron chi connectivity index (χ2n) is 6.76. The number of hydrogen-bond acceptors (Lipinski definition) is 8. The van der Waals surface area contributed by atoms with Crippen LogP contribution in [0.5, 0.6) is 0 Å². The third kappa shape index (κ3) is 5.37. The van der Waals surface area contributed by atoms with Crippen LogP contribution in [0.25, 0.3) is 0 Å². The Hall–Kier alpha value is -1.30. The lowest BCUT2D eigenvalue weighted by Gasteiger charge is -2.28. The van der Waals surface area contributed by atoms with Gasteiger partial charge < -0.3 is 14.2 Å². The Labute approximate surface area is 188 Å². The van der Waals surface area contributed by atoms with E-state index < -0.39 is 43.1 Å². The van der Waals surface area contributed by atoms with E-state index in [4.69, 9.17) is 41.9 Å². The number of carbonyl (C=O) groups excluding carboxylic acids is 1. The highest BCUT2D eigenvalue weighted by atomic mass is 35.5. The topological polar surface area (TPSA) is 129 Å². The van der Waals surface area contributed by atoms with Gasteiger partial charge >= 0.3 is 13.6 Å². The van der Waals surface area contributed by atoms with E-state index in [-0.39, 0.29) is 29.6 Å². The molecule has 2 saturated heterocycles. The first-order valence-corrected chi connectivity index (χ1v) is 12.0. The minimum Gasteiger partial charge on any atom is -0.459 e. The molecule has 1 unspecified atom stereocenters. The molecule has 14 heteroatoms.